The molecule has 0 bridgehead atoms. The topological polar surface area (TPSA) is 49.3 Å². The van der Waals surface area contributed by atoms with Crippen molar-refractivity contribution in [1.82, 2.24) is 5.32 Å². The number of benzene rings is 2. The maximum atomic E-state index is 11.9. The van der Waals surface area contributed by atoms with Crippen molar-refractivity contribution in [1.29, 1.82) is 0 Å². The van der Waals surface area contributed by atoms with Crippen LogP contribution >= 0.6 is 11.6 Å². The molecule has 0 saturated heterocycles. The van der Waals surface area contributed by atoms with Gasteiger partial charge < -0.3 is 10.4 Å². The molecule has 3 nitrogen and oxygen atoms in total. The van der Waals surface area contributed by atoms with Crippen molar-refractivity contribution < 1.29 is 9.90 Å². The second-order valence-electron chi connectivity index (χ2n) is 4.48. The van der Waals surface area contributed by atoms with Crippen molar-refractivity contribution in [3.8, 4) is 0 Å². The van der Waals surface area contributed by atoms with Gasteiger partial charge in [0, 0.05) is 17.1 Å². The zero-order chi connectivity index (χ0) is 14.4. The summed E-state index contributed by atoms with van der Waals surface area (Å²) in [7, 11) is 0. The Kier molecular flexibility index (Phi) is 5.16. The molecule has 0 fully saturated rings. The first-order valence-electron chi connectivity index (χ1n) is 6.43. The minimum atomic E-state index is -0.573. The molecule has 0 aliphatic heterocycles. The zero-order valence-corrected chi connectivity index (χ0v) is 11.7. The molecule has 2 aromatic rings. The standard InChI is InChI=1S/C16H16ClNO2/c17-14-8-4-7-13(11-14)16(20)18-10-9-15(19)12-5-2-1-3-6-12/h1-8,11,15,19H,9-10H2,(H,18,20). The fourth-order valence-corrected chi connectivity index (χ4v) is 2.09. The lowest BCUT2D eigenvalue weighted by Gasteiger charge is -2.11. The van der Waals surface area contributed by atoms with Crippen LogP contribution in [-0.4, -0.2) is 17.6 Å². The van der Waals surface area contributed by atoms with Crippen LogP contribution < -0.4 is 5.32 Å². The van der Waals surface area contributed by atoms with Crippen LogP contribution in [0, 0.1) is 0 Å². The Morgan fingerprint density at radius 1 is 1.15 bits per heavy atom. The van der Waals surface area contributed by atoms with Gasteiger partial charge in [-0.2, -0.15) is 0 Å². The number of carbonyl (C=O) groups excluding carboxylic acids is 1. The molecule has 20 heavy (non-hydrogen) atoms. The fraction of sp³-hybridized carbons (Fsp3) is 0.188. The number of aliphatic hydroxyl groups is 1. The summed E-state index contributed by atoms with van der Waals surface area (Å²) in [5.74, 6) is -0.187. The molecule has 0 spiro atoms. The van der Waals surface area contributed by atoms with Gasteiger partial charge in [-0.25, -0.2) is 0 Å². The summed E-state index contributed by atoms with van der Waals surface area (Å²) in [5.41, 5.74) is 1.37. The smallest absolute Gasteiger partial charge is 0.251 e. The number of hydrogen-bond acceptors (Lipinski definition) is 2. The average Bonchev–Trinajstić information content (AvgIpc) is 2.48. The molecular formula is C16H16ClNO2. The van der Waals surface area contributed by atoms with Crippen LogP contribution in [0.3, 0.4) is 0 Å². The molecule has 1 amide bonds. The molecule has 0 radical (unpaired) electrons. The highest BCUT2D eigenvalue weighted by molar-refractivity contribution is 6.30. The van der Waals surface area contributed by atoms with Gasteiger partial charge >= 0.3 is 0 Å². The van der Waals surface area contributed by atoms with E-state index in [1.54, 1.807) is 24.3 Å². The first-order chi connectivity index (χ1) is 9.66. The van der Waals surface area contributed by atoms with Crippen molar-refractivity contribution in [2.45, 2.75) is 12.5 Å². The second kappa shape index (κ2) is 7.08. The van der Waals surface area contributed by atoms with E-state index >= 15 is 0 Å². The molecule has 0 aromatic heterocycles. The van der Waals surface area contributed by atoms with Gasteiger partial charge in [0.15, 0.2) is 0 Å². The quantitative estimate of drug-likeness (QED) is 0.888. The summed E-state index contributed by atoms with van der Waals surface area (Å²) >= 11 is 5.83. The van der Waals surface area contributed by atoms with Gasteiger partial charge in [0.05, 0.1) is 6.10 Å². The zero-order valence-electron chi connectivity index (χ0n) is 10.9. The van der Waals surface area contributed by atoms with Gasteiger partial charge in [-0.05, 0) is 30.2 Å². The molecule has 0 aliphatic carbocycles. The molecule has 0 aliphatic rings. The maximum Gasteiger partial charge on any atom is 0.251 e. The Morgan fingerprint density at radius 3 is 2.60 bits per heavy atom. The third kappa shape index (κ3) is 4.08. The number of nitrogens with one attached hydrogen (secondary N) is 1. The Morgan fingerprint density at radius 2 is 1.90 bits per heavy atom. The molecule has 2 N–H and O–H groups in total. The number of aliphatic hydroxyl groups excluding tert-OH is 1. The van der Waals surface area contributed by atoms with E-state index in [4.69, 9.17) is 11.6 Å². The van der Waals surface area contributed by atoms with Gasteiger partial charge in [0.2, 0.25) is 0 Å². The predicted molar refractivity (Wildman–Crippen MR) is 79.8 cm³/mol. The van der Waals surface area contributed by atoms with Crippen LogP contribution in [0.15, 0.2) is 54.6 Å². The van der Waals surface area contributed by atoms with Gasteiger partial charge in [-0.15, -0.1) is 0 Å². The van der Waals surface area contributed by atoms with Gasteiger partial charge in [-0.3, -0.25) is 4.79 Å². The largest absolute Gasteiger partial charge is 0.388 e. The molecule has 0 heterocycles. The lowest BCUT2D eigenvalue weighted by molar-refractivity contribution is 0.0942. The number of hydrogen-bond donors (Lipinski definition) is 2. The van der Waals surface area contributed by atoms with E-state index in [1.807, 2.05) is 30.3 Å². The van der Waals surface area contributed by atoms with Crippen molar-refractivity contribution >= 4 is 17.5 Å². The van der Waals surface area contributed by atoms with Crippen LogP contribution in [0.2, 0.25) is 5.02 Å². The highest BCUT2D eigenvalue weighted by Crippen LogP contribution is 2.15. The molecule has 2 aromatic carbocycles. The summed E-state index contributed by atoms with van der Waals surface area (Å²) in [6.07, 6.45) is -0.105. The van der Waals surface area contributed by atoms with Gasteiger partial charge in [-0.1, -0.05) is 48.0 Å². The third-order valence-corrected chi connectivity index (χ3v) is 3.21. The Bertz CT molecular complexity index is 572. The average molecular weight is 290 g/mol. The van der Waals surface area contributed by atoms with Crippen LogP contribution in [0.25, 0.3) is 0 Å². The Hall–Kier alpha value is -1.84. The van der Waals surface area contributed by atoms with E-state index in [0.29, 0.717) is 23.6 Å². The van der Waals surface area contributed by atoms with Gasteiger partial charge in [0.25, 0.3) is 5.91 Å². The van der Waals surface area contributed by atoms with Crippen LogP contribution in [0.4, 0.5) is 0 Å². The molecule has 104 valence electrons. The lowest BCUT2D eigenvalue weighted by Crippen LogP contribution is -2.25. The molecule has 0 saturated carbocycles. The number of halogens is 1. The van der Waals surface area contributed by atoms with E-state index in [1.165, 1.54) is 0 Å². The molecule has 1 atom stereocenters. The van der Waals surface area contributed by atoms with Crippen molar-refractivity contribution in [2.24, 2.45) is 0 Å². The normalized spacial score (nSPS) is 11.9. The molecule has 4 heteroatoms. The van der Waals surface area contributed by atoms with Gasteiger partial charge in [0.1, 0.15) is 0 Å². The van der Waals surface area contributed by atoms with Crippen molar-refractivity contribution in [3.63, 3.8) is 0 Å². The number of carbonyl (C=O) groups is 1. The Labute approximate surface area is 123 Å². The summed E-state index contributed by atoms with van der Waals surface area (Å²) < 4.78 is 0. The molecule has 1 unspecified atom stereocenters. The lowest BCUT2D eigenvalue weighted by atomic mass is 10.1. The van der Waals surface area contributed by atoms with E-state index in [2.05, 4.69) is 5.32 Å². The monoisotopic (exact) mass is 289 g/mol. The van der Waals surface area contributed by atoms with E-state index in [9.17, 15) is 9.90 Å². The minimum Gasteiger partial charge on any atom is -0.388 e. The summed E-state index contributed by atoms with van der Waals surface area (Å²) in [4.78, 5) is 11.9. The van der Waals surface area contributed by atoms with Crippen molar-refractivity contribution in [2.75, 3.05) is 6.54 Å². The molecule has 2 rings (SSSR count). The van der Waals surface area contributed by atoms with Crippen LogP contribution in [0.5, 0.6) is 0 Å². The van der Waals surface area contributed by atoms with Crippen molar-refractivity contribution in [3.05, 3.63) is 70.7 Å². The summed E-state index contributed by atoms with van der Waals surface area (Å²) in [6.45, 7) is 0.404. The predicted octanol–water partition coefficient (Wildman–Crippen LogP) is 3.19. The first-order valence-corrected chi connectivity index (χ1v) is 6.81. The van der Waals surface area contributed by atoms with E-state index < -0.39 is 6.10 Å². The van der Waals surface area contributed by atoms with Crippen LogP contribution in [0.1, 0.15) is 28.4 Å². The fourth-order valence-electron chi connectivity index (χ4n) is 1.90. The molecular weight excluding hydrogens is 274 g/mol. The minimum absolute atomic E-state index is 0.187. The summed E-state index contributed by atoms with van der Waals surface area (Å²) in [5, 5.41) is 13.3. The highest BCUT2D eigenvalue weighted by Gasteiger charge is 2.09. The first kappa shape index (κ1) is 14.6. The second-order valence-corrected chi connectivity index (χ2v) is 4.92. The van der Waals surface area contributed by atoms with Crippen LogP contribution in [-0.2, 0) is 0 Å². The number of rotatable bonds is 5. The maximum absolute atomic E-state index is 11.9. The van der Waals surface area contributed by atoms with E-state index in [0.717, 1.165) is 5.56 Å². The van der Waals surface area contributed by atoms with E-state index in [-0.39, 0.29) is 5.91 Å². The Balaban J connectivity index is 1.83. The highest BCUT2D eigenvalue weighted by atomic mass is 35.5. The summed E-state index contributed by atoms with van der Waals surface area (Å²) in [6, 6.07) is 16.2. The third-order valence-electron chi connectivity index (χ3n) is 2.97. The SMILES string of the molecule is O=C(NCCC(O)c1ccccc1)c1cccc(Cl)c1. The number of amides is 1.